The smallest absolute Gasteiger partial charge is 0.338 e. The van der Waals surface area contributed by atoms with Gasteiger partial charge in [0.15, 0.2) is 0 Å². The number of esters is 1. The molecule has 1 fully saturated rings. The average Bonchev–Trinajstić information content (AvgIpc) is 2.71. The molecular formula is C23H29NO3. The van der Waals surface area contributed by atoms with Gasteiger partial charge in [-0.15, -0.1) is 0 Å². The minimum atomic E-state index is -0.265. The van der Waals surface area contributed by atoms with Crippen molar-refractivity contribution in [2.45, 2.75) is 38.7 Å². The third kappa shape index (κ3) is 4.51. The Bertz CT molecular complexity index is 761. The summed E-state index contributed by atoms with van der Waals surface area (Å²) in [5, 5.41) is 0. The van der Waals surface area contributed by atoms with Gasteiger partial charge >= 0.3 is 5.97 Å². The van der Waals surface area contributed by atoms with Gasteiger partial charge in [0.05, 0.1) is 17.8 Å². The first-order chi connectivity index (χ1) is 13.1. The fourth-order valence-corrected chi connectivity index (χ4v) is 3.80. The molecule has 1 heterocycles. The van der Waals surface area contributed by atoms with Crippen LogP contribution in [0.15, 0.2) is 48.5 Å². The molecule has 0 unspecified atom stereocenters. The van der Waals surface area contributed by atoms with Crippen molar-refractivity contribution in [1.82, 2.24) is 0 Å². The molecule has 0 spiro atoms. The van der Waals surface area contributed by atoms with Crippen LogP contribution in [0.3, 0.4) is 0 Å². The number of aryl methyl sites for hydroxylation is 1. The quantitative estimate of drug-likeness (QED) is 0.710. The molecule has 27 heavy (non-hydrogen) atoms. The molecule has 0 amide bonds. The van der Waals surface area contributed by atoms with Crippen molar-refractivity contribution in [3.05, 3.63) is 65.2 Å². The van der Waals surface area contributed by atoms with Gasteiger partial charge in [-0.05, 0) is 62.1 Å². The van der Waals surface area contributed by atoms with Crippen LogP contribution in [0.2, 0.25) is 0 Å². The first kappa shape index (κ1) is 19.4. The fourth-order valence-electron chi connectivity index (χ4n) is 3.80. The number of hydrogen-bond acceptors (Lipinski definition) is 4. The fraction of sp³-hybridized carbons (Fsp3) is 0.435. The third-order valence-corrected chi connectivity index (χ3v) is 5.63. The second kappa shape index (κ2) is 8.57. The average molecular weight is 367 g/mol. The van der Waals surface area contributed by atoms with Crippen molar-refractivity contribution in [3.63, 3.8) is 0 Å². The Morgan fingerprint density at radius 1 is 1.07 bits per heavy atom. The van der Waals surface area contributed by atoms with Crippen LogP contribution in [0.1, 0.15) is 41.3 Å². The highest BCUT2D eigenvalue weighted by atomic mass is 16.5. The Hall–Kier alpha value is -2.33. The maximum atomic E-state index is 11.8. The summed E-state index contributed by atoms with van der Waals surface area (Å²) >= 11 is 0. The third-order valence-electron chi connectivity index (χ3n) is 5.63. The van der Waals surface area contributed by atoms with E-state index in [1.807, 2.05) is 38.3 Å². The number of carbonyl (C=O) groups is 1. The lowest BCUT2D eigenvalue weighted by atomic mass is 9.83. The zero-order chi connectivity index (χ0) is 19.3. The van der Waals surface area contributed by atoms with E-state index >= 15 is 0 Å². The lowest BCUT2D eigenvalue weighted by Crippen LogP contribution is -2.47. The van der Waals surface area contributed by atoms with Crippen LogP contribution in [0.25, 0.3) is 0 Å². The molecule has 2 aromatic rings. The minimum absolute atomic E-state index is 0.104. The Labute approximate surface area is 162 Å². The van der Waals surface area contributed by atoms with E-state index in [2.05, 4.69) is 36.1 Å². The first-order valence-electron chi connectivity index (χ1n) is 9.69. The number of piperidine rings is 1. The highest BCUT2D eigenvalue weighted by Gasteiger charge is 2.35. The second-order valence-electron chi connectivity index (χ2n) is 7.24. The molecule has 0 atom stereocenters. The molecule has 0 radical (unpaired) electrons. The predicted octanol–water partition coefficient (Wildman–Crippen LogP) is 4.40. The number of benzene rings is 2. The number of hydrogen-bond donors (Lipinski definition) is 0. The largest absolute Gasteiger partial charge is 0.462 e. The van der Waals surface area contributed by atoms with Gasteiger partial charge in [-0.3, -0.25) is 0 Å². The van der Waals surface area contributed by atoms with Crippen LogP contribution in [-0.4, -0.2) is 38.4 Å². The molecular weight excluding hydrogens is 338 g/mol. The Balaban J connectivity index is 1.65. The van der Waals surface area contributed by atoms with Gasteiger partial charge in [0.1, 0.15) is 0 Å². The van der Waals surface area contributed by atoms with Gasteiger partial charge in [-0.2, -0.15) is 0 Å². The van der Waals surface area contributed by atoms with Crippen LogP contribution in [0.4, 0.5) is 5.69 Å². The van der Waals surface area contributed by atoms with Gasteiger partial charge in [0, 0.05) is 32.3 Å². The predicted molar refractivity (Wildman–Crippen MR) is 108 cm³/mol. The van der Waals surface area contributed by atoms with Crippen molar-refractivity contribution in [1.29, 1.82) is 0 Å². The molecule has 0 saturated carbocycles. The summed E-state index contributed by atoms with van der Waals surface area (Å²) in [5.41, 5.74) is 4.33. The molecule has 1 aliphatic heterocycles. The van der Waals surface area contributed by atoms with E-state index in [9.17, 15) is 4.79 Å². The minimum Gasteiger partial charge on any atom is -0.462 e. The monoisotopic (exact) mass is 367 g/mol. The van der Waals surface area contributed by atoms with E-state index in [-0.39, 0.29) is 11.6 Å². The van der Waals surface area contributed by atoms with Crippen molar-refractivity contribution in [2.24, 2.45) is 0 Å². The summed E-state index contributed by atoms with van der Waals surface area (Å²) in [5.74, 6) is -0.265. The number of anilines is 1. The summed E-state index contributed by atoms with van der Waals surface area (Å²) in [7, 11) is 1.84. The van der Waals surface area contributed by atoms with E-state index in [0.717, 1.165) is 38.0 Å². The molecule has 3 rings (SSSR count). The Kier molecular flexibility index (Phi) is 6.17. The Morgan fingerprint density at radius 2 is 1.74 bits per heavy atom. The molecule has 0 aromatic heterocycles. The maximum absolute atomic E-state index is 11.8. The normalized spacial score (nSPS) is 16.2. The summed E-state index contributed by atoms with van der Waals surface area (Å²) in [6.07, 6.45) is 2.92. The topological polar surface area (TPSA) is 38.8 Å². The van der Waals surface area contributed by atoms with Crippen molar-refractivity contribution in [2.75, 3.05) is 31.7 Å². The van der Waals surface area contributed by atoms with Gasteiger partial charge in [0.2, 0.25) is 0 Å². The highest BCUT2D eigenvalue weighted by Crippen LogP contribution is 2.32. The summed E-state index contributed by atoms with van der Waals surface area (Å²) in [4.78, 5) is 14.2. The first-order valence-corrected chi connectivity index (χ1v) is 9.69. The molecule has 2 aromatic carbocycles. The summed E-state index contributed by atoms with van der Waals surface area (Å²) in [6, 6.07) is 16.3. The van der Waals surface area contributed by atoms with Crippen LogP contribution < -0.4 is 4.90 Å². The molecule has 1 saturated heterocycles. The van der Waals surface area contributed by atoms with E-state index < -0.39 is 0 Å². The van der Waals surface area contributed by atoms with Crippen LogP contribution in [0.5, 0.6) is 0 Å². The Morgan fingerprint density at radius 3 is 2.33 bits per heavy atom. The molecule has 0 aliphatic carbocycles. The lowest BCUT2D eigenvalue weighted by molar-refractivity contribution is -0.0290. The second-order valence-corrected chi connectivity index (χ2v) is 7.24. The highest BCUT2D eigenvalue weighted by molar-refractivity contribution is 5.89. The van der Waals surface area contributed by atoms with E-state index in [0.29, 0.717) is 12.2 Å². The molecule has 1 aliphatic rings. The van der Waals surface area contributed by atoms with Gasteiger partial charge in [-0.25, -0.2) is 4.79 Å². The molecule has 0 bridgehead atoms. The van der Waals surface area contributed by atoms with Gasteiger partial charge in [0.25, 0.3) is 0 Å². The van der Waals surface area contributed by atoms with Crippen molar-refractivity contribution in [3.8, 4) is 0 Å². The van der Waals surface area contributed by atoms with Crippen LogP contribution in [-0.2, 0) is 15.9 Å². The van der Waals surface area contributed by atoms with E-state index in [1.54, 1.807) is 0 Å². The number of rotatable bonds is 6. The van der Waals surface area contributed by atoms with E-state index in [1.165, 1.54) is 11.1 Å². The lowest BCUT2D eigenvalue weighted by Gasteiger charge is -2.42. The molecule has 144 valence electrons. The standard InChI is InChI=1S/C23H29NO3/c1-4-27-22(25)19-9-11-21(12-10-19)24-15-13-23(26-3,14-16-24)17-20-8-6-5-7-18(20)2/h5-12H,4,13-17H2,1-3H3. The zero-order valence-corrected chi connectivity index (χ0v) is 16.5. The van der Waals surface area contributed by atoms with E-state index in [4.69, 9.17) is 9.47 Å². The SMILES string of the molecule is CCOC(=O)c1ccc(N2CCC(Cc3ccccc3C)(OC)CC2)cc1. The molecule has 0 N–H and O–H groups in total. The number of carbonyl (C=O) groups excluding carboxylic acids is 1. The number of nitrogens with zero attached hydrogens (tertiary/aromatic N) is 1. The van der Waals surface area contributed by atoms with Crippen LogP contribution in [0, 0.1) is 6.92 Å². The van der Waals surface area contributed by atoms with Crippen molar-refractivity contribution >= 4 is 11.7 Å². The molecule has 4 heteroatoms. The maximum Gasteiger partial charge on any atom is 0.338 e. The van der Waals surface area contributed by atoms with Crippen LogP contribution >= 0.6 is 0 Å². The van der Waals surface area contributed by atoms with Gasteiger partial charge in [-0.1, -0.05) is 24.3 Å². The number of ether oxygens (including phenoxy) is 2. The van der Waals surface area contributed by atoms with Gasteiger partial charge < -0.3 is 14.4 Å². The zero-order valence-electron chi connectivity index (χ0n) is 16.5. The molecule has 4 nitrogen and oxygen atoms in total. The van der Waals surface area contributed by atoms with Crippen molar-refractivity contribution < 1.29 is 14.3 Å². The summed E-state index contributed by atoms with van der Waals surface area (Å²) < 4.78 is 11.1. The number of methoxy groups -OCH3 is 1. The summed E-state index contributed by atoms with van der Waals surface area (Å²) in [6.45, 7) is 6.27.